The number of carbonyl (C=O) groups is 1. The summed E-state index contributed by atoms with van der Waals surface area (Å²) in [5.41, 5.74) is 0. The molecule has 0 radical (unpaired) electrons. The lowest BCUT2D eigenvalue weighted by Gasteiger charge is -2.39. The summed E-state index contributed by atoms with van der Waals surface area (Å²) in [6.45, 7) is 4.27. The standard InChI is InChI=1S/C57H94O9/c1-3-5-7-9-11-13-15-17-19-21-23-24-25-26-27-28-29-30-32-34-36-38-40-42-44-46-53(59)65-51(50-64-57-56(62)55(61)54(60)52(48-58)66-57)49-63-47-45-43-41-39-37-35-33-31-22-20-18-16-14-12-10-8-6-4-2/h5-8,11-14,17-20,23-24,26-27,31,33,51-52,54-58,60-62H,3-4,9-10,15-16,21-22,25,28-30,32,34-50H2,1-2H3/b7-5-,8-6-,13-11-,14-12-,19-17-,20-18-,24-23-,27-26-,33-31-. The van der Waals surface area contributed by atoms with E-state index in [2.05, 4.69) is 123 Å². The van der Waals surface area contributed by atoms with E-state index in [0.717, 1.165) is 122 Å². The zero-order valence-electron chi connectivity index (χ0n) is 41.4. The second kappa shape index (κ2) is 46.9. The van der Waals surface area contributed by atoms with Gasteiger partial charge in [-0.1, -0.05) is 187 Å². The van der Waals surface area contributed by atoms with Gasteiger partial charge in [0.15, 0.2) is 6.29 Å². The molecule has 6 atom stereocenters. The number of aliphatic hydroxyl groups excluding tert-OH is 4. The maximum Gasteiger partial charge on any atom is 0.306 e. The molecular weight excluding hydrogens is 829 g/mol. The van der Waals surface area contributed by atoms with Gasteiger partial charge in [0.25, 0.3) is 0 Å². The normalized spacial score (nSPS) is 20.2. The van der Waals surface area contributed by atoms with Crippen LogP contribution in [0.5, 0.6) is 0 Å². The summed E-state index contributed by atoms with van der Waals surface area (Å²) in [6.07, 6.45) is 59.7. The van der Waals surface area contributed by atoms with Crippen LogP contribution >= 0.6 is 0 Å². The van der Waals surface area contributed by atoms with Crippen LogP contribution in [0.15, 0.2) is 109 Å². The molecule has 376 valence electrons. The Morgan fingerprint density at radius 2 is 0.879 bits per heavy atom. The number of unbranched alkanes of at least 4 members (excludes halogenated alkanes) is 14. The number of ether oxygens (including phenoxy) is 4. The minimum absolute atomic E-state index is 0.122. The summed E-state index contributed by atoms with van der Waals surface area (Å²) in [4.78, 5) is 12.9. The molecule has 1 saturated heterocycles. The zero-order valence-corrected chi connectivity index (χ0v) is 41.4. The van der Waals surface area contributed by atoms with E-state index in [9.17, 15) is 25.2 Å². The number of hydrogen-bond donors (Lipinski definition) is 4. The molecule has 1 heterocycles. The lowest BCUT2D eigenvalue weighted by Crippen LogP contribution is -2.59. The van der Waals surface area contributed by atoms with Crippen LogP contribution in [-0.4, -0.2) is 89.6 Å². The quantitative estimate of drug-likeness (QED) is 0.0268. The molecule has 1 rings (SSSR count). The van der Waals surface area contributed by atoms with Crippen LogP contribution in [0.25, 0.3) is 0 Å². The van der Waals surface area contributed by atoms with E-state index in [1.54, 1.807) is 0 Å². The van der Waals surface area contributed by atoms with Gasteiger partial charge in [0, 0.05) is 13.0 Å². The van der Waals surface area contributed by atoms with Gasteiger partial charge in [0.05, 0.1) is 19.8 Å². The Bertz CT molecular complexity index is 1370. The molecule has 0 amide bonds. The van der Waals surface area contributed by atoms with E-state index in [1.165, 1.54) is 38.5 Å². The average Bonchev–Trinajstić information content (AvgIpc) is 3.32. The molecular formula is C57H94O9. The molecule has 6 unspecified atom stereocenters. The van der Waals surface area contributed by atoms with Crippen LogP contribution in [0.2, 0.25) is 0 Å². The van der Waals surface area contributed by atoms with Crippen molar-refractivity contribution >= 4 is 5.97 Å². The van der Waals surface area contributed by atoms with Gasteiger partial charge >= 0.3 is 5.97 Å². The molecule has 4 N–H and O–H groups in total. The first-order valence-electron chi connectivity index (χ1n) is 26.0. The van der Waals surface area contributed by atoms with Gasteiger partial charge in [-0.2, -0.15) is 0 Å². The van der Waals surface area contributed by atoms with Gasteiger partial charge in [-0.05, 0) is 96.3 Å². The highest BCUT2D eigenvalue weighted by Crippen LogP contribution is 2.22. The van der Waals surface area contributed by atoms with Gasteiger partial charge in [-0.15, -0.1) is 0 Å². The molecule has 1 aliphatic heterocycles. The van der Waals surface area contributed by atoms with Gasteiger partial charge in [0.2, 0.25) is 0 Å². The maximum absolute atomic E-state index is 12.9. The number of carbonyl (C=O) groups excluding carboxylic acids is 1. The molecule has 1 aliphatic rings. The van der Waals surface area contributed by atoms with Crippen LogP contribution in [0.1, 0.15) is 181 Å². The fourth-order valence-electron chi connectivity index (χ4n) is 7.21. The Kier molecular flexibility index (Phi) is 43.3. The number of rotatable bonds is 43. The minimum atomic E-state index is -1.55. The Balaban J connectivity index is 2.23. The average molecular weight is 923 g/mol. The lowest BCUT2D eigenvalue weighted by atomic mass is 9.99. The predicted octanol–water partition coefficient (Wildman–Crippen LogP) is 12.9. The first-order chi connectivity index (χ1) is 32.4. The molecule has 0 aromatic rings. The van der Waals surface area contributed by atoms with Crippen molar-refractivity contribution in [3.63, 3.8) is 0 Å². The molecule has 66 heavy (non-hydrogen) atoms. The van der Waals surface area contributed by atoms with Crippen molar-refractivity contribution in [2.24, 2.45) is 0 Å². The molecule has 9 heteroatoms. The highest BCUT2D eigenvalue weighted by molar-refractivity contribution is 5.69. The van der Waals surface area contributed by atoms with Crippen LogP contribution in [0.3, 0.4) is 0 Å². The van der Waals surface area contributed by atoms with Crippen LogP contribution < -0.4 is 0 Å². The fourth-order valence-corrected chi connectivity index (χ4v) is 7.21. The van der Waals surface area contributed by atoms with E-state index >= 15 is 0 Å². The van der Waals surface area contributed by atoms with E-state index in [0.29, 0.717) is 13.0 Å². The Morgan fingerprint density at radius 3 is 1.32 bits per heavy atom. The van der Waals surface area contributed by atoms with Crippen molar-refractivity contribution in [1.29, 1.82) is 0 Å². The SMILES string of the molecule is CC/C=C\C/C=C\C/C=C\C/C=C\C/C=C\CCCCCCCCCCCC(=O)OC(COCCCCCCC/C=C\C/C=C\C/C=C\C/C=C\CC)COC1OC(CO)C(O)C(O)C1O. The van der Waals surface area contributed by atoms with Gasteiger partial charge < -0.3 is 39.4 Å². The Morgan fingerprint density at radius 1 is 0.485 bits per heavy atom. The largest absolute Gasteiger partial charge is 0.457 e. The summed E-state index contributed by atoms with van der Waals surface area (Å²) in [5, 5.41) is 40.3. The zero-order chi connectivity index (χ0) is 47.8. The van der Waals surface area contributed by atoms with Crippen LogP contribution in [-0.2, 0) is 23.7 Å². The molecule has 0 spiro atoms. The topological polar surface area (TPSA) is 135 Å². The van der Waals surface area contributed by atoms with Crippen LogP contribution in [0, 0.1) is 0 Å². The number of allylic oxidation sites excluding steroid dienone is 18. The van der Waals surface area contributed by atoms with E-state index < -0.39 is 43.4 Å². The summed E-state index contributed by atoms with van der Waals surface area (Å²) in [6, 6.07) is 0. The summed E-state index contributed by atoms with van der Waals surface area (Å²) >= 11 is 0. The summed E-state index contributed by atoms with van der Waals surface area (Å²) < 4.78 is 22.9. The molecule has 0 bridgehead atoms. The van der Waals surface area contributed by atoms with Gasteiger partial charge in [0.1, 0.15) is 30.5 Å². The second-order valence-electron chi connectivity index (χ2n) is 17.2. The Hall–Kier alpha value is -3.15. The van der Waals surface area contributed by atoms with Gasteiger partial charge in [-0.25, -0.2) is 0 Å². The van der Waals surface area contributed by atoms with E-state index in [4.69, 9.17) is 18.9 Å². The summed E-state index contributed by atoms with van der Waals surface area (Å²) in [7, 11) is 0. The highest BCUT2D eigenvalue weighted by atomic mass is 16.7. The fraction of sp³-hybridized carbons (Fsp3) is 0.667. The van der Waals surface area contributed by atoms with Crippen molar-refractivity contribution in [2.45, 2.75) is 218 Å². The molecule has 0 saturated carbocycles. The third kappa shape index (κ3) is 36.9. The molecule has 9 nitrogen and oxygen atoms in total. The number of esters is 1. The molecule has 0 aromatic heterocycles. The minimum Gasteiger partial charge on any atom is -0.457 e. The first kappa shape index (κ1) is 60.9. The molecule has 0 aliphatic carbocycles. The van der Waals surface area contributed by atoms with Crippen molar-refractivity contribution in [1.82, 2.24) is 0 Å². The van der Waals surface area contributed by atoms with Crippen molar-refractivity contribution in [2.75, 3.05) is 26.4 Å². The molecule has 0 aromatic carbocycles. The first-order valence-corrected chi connectivity index (χ1v) is 26.0. The van der Waals surface area contributed by atoms with E-state index in [1.807, 2.05) is 0 Å². The lowest BCUT2D eigenvalue weighted by molar-refractivity contribution is -0.305. The summed E-state index contributed by atoms with van der Waals surface area (Å²) in [5.74, 6) is -0.332. The highest BCUT2D eigenvalue weighted by Gasteiger charge is 2.44. The van der Waals surface area contributed by atoms with Crippen molar-refractivity contribution < 1.29 is 44.2 Å². The third-order valence-corrected chi connectivity index (χ3v) is 11.2. The maximum atomic E-state index is 12.9. The number of aliphatic hydroxyl groups is 4. The van der Waals surface area contributed by atoms with Crippen molar-refractivity contribution in [3.8, 4) is 0 Å². The van der Waals surface area contributed by atoms with Gasteiger partial charge in [-0.3, -0.25) is 4.79 Å². The predicted molar refractivity (Wildman–Crippen MR) is 274 cm³/mol. The van der Waals surface area contributed by atoms with E-state index in [-0.39, 0.29) is 19.2 Å². The van der Waals surface area contributed by atoms with Crippen molar-refractivity contribution in [3.05, 3.63) is 109 Å². The Labute approximate surface area is 402 Å². The third-order valence-electron chi connectivity index (χ3n) is 11.2. The monoisotopic (exact) mass is 923 g/mol. The second-order valence-corrected chi connectivity index (χ2v) is 17.2. The molecule has 1 fully saturated rings. The van der Waals surface area contributed by atoms with Crippen LogP contribution in [0.4, 0.5) is 0 Å². The number of hydrogen-bond acceptors (Lipinski definition) is 9. The smallest absolute Gasteiger partial charge is 0.306 e.